The Bertz CT molecular complexity index is 555. The lowest BCUT2D eigenvalue weighted by Gasteiger charge is -2.10. The summed E-state index contributed by atoms with van der Waals surface area (Å²) in [5.41, 5.74) is 1.99. The SMILES string of the molecule is O=C(O)c1ccc(Br)cc1NCc1ccccc1. The maximum absolute atomic E-state index is 11.1. The Morgan fingerprint density at radius 1 is 1.17 bits per heavy atom. The van der Waals surface area contributed by atoms with Gasteiger partial charge in [-0.25, -0.2) is 4.79 Å². The van der Waals surface area contributed by atoms with Crippen LogP contribution in [-0.4, -0.2) is 11.1 Å². The van der Waals surface area contributed by atoms with Crippen LogP contribution in [-0.2, 0) is 6.54 Å². The van der Waals surface area contributed by atoms with Gasteiger partial charge in [0.2, 0.25) is 0 Å². The number of nitrogens with one attached hydrogen (secondary N) is 1. The number of aromatic carboxylic acids is 1. The van der Waals surface area contributed by atoms with E-state index in [2.05, 4.69) is 21.2 Å². The zero-order valence-electron chi connectivity index (χ0n) is 9.56. The zero-order valence-corrected chi connectivity index (χ0v) is 11.1. The van der Waals surface area contributed by atoms with Gasteiger partial charge in [0.25, 0.3) is 0 Å². The quantitative estimate of drug-likeness (QED) is 0.904. The van der Waals surface area contributed by atoms with Crippen molar-refractivity contribution in [1.29, 1.82) is 0 Å². The highest BCUT2D eigenvalue weighted by atomic mass is 79.9. The molecule has 0 aliphatic carbocycles. The number of anilines is 1. The smallest absolute Gasteiger partial charge is 0.337 e. The maximum atomic E-state index is 11.1. The van der Waals surface area contributed by atoms with Gasteiger partial charge in [-0.1, -0.05) is 46.3 Å². The highest BCUT2D eigenvalue weighted by molar-refractivity contribution is 9.10. The van der Waals surface area contributed by atoms with Crippen LogP contribution in [0.15, 0.2) is 53.0 Å². The Morgan fingerprint density at radius 2 is 1.89 bits per heavy atom. The molecule has 2 aromatic carbocycles. The van der Waals surface area contributed by atoms with E-state index in [1.54, 1.807) is 18.2 Å². The van der Waals surface area contributed by atoms with Crippen LogP contribution in [0.1, 0.15) is 15.9 Å². The van der Waals surface area contributed by atoms with Gasteiger partial charge < -0.3 is 10.4 Å². The van der Waals surface area contributed by atoms with E-state index in [1.807, 2.05) is 30.3 Å². The van der Waals surface area contributed by atoms with Gasteiger partial charge in [-0.3, -0.25) is 0 Å². The summed E-state index contributed by atoms with van der Waals surface area (Å²) in [6.45, 7) is 0.595. The van der Waals surface area contributed by atoms with Crippen LogP contribution < -0.4 is 5.32 Å². The Balaban J connectivity index is 2.18. The first-order chi connectivity index (χ1) is 8.66. The molecule has 0 amide bonds. The van der Waals surface area contributed by atoms with E-state index in [0.717, 1.165) is 10.0 Å². The standard InChI is InChI=1S/C14H12BrNO2/c15-11-6-7-12(14(17)18)13(8-11)16-9-10-4-2-1-3-5-10/h1-8,16H,9H2,(H,17,18). The van der Waals surface area contributed by atoms with Crippen molar-refractivity contribution in [2.45, 2.75) is 6.54 Å². The summed E-state index contributed by atoms with van der Waals surface area (Å²) in [7, 11) is 0. The van der Waals surface area contributed by atoms with Crippen LogP contribution in [0.5, 0.6) is 0 Å². The van der Waals surface area contributed by atoms with Gasteiger partial charge in [-0.05, 0) is 23.8 Å². The minimum Gasteiger partial charge on any atom is -0.478 e. The van der Waals surface area contributed by atoms with E-state index < -0.39 is 5.97 Å². The summed E-state index contributed by atoms with van der Waals surface area (Å²) in [4.78, 5) is 11.1. The minimum atomic E-state index is -0.932. The molecule has 0 saturated carbocycles. The van der Waals surface area contributed by atoms with Crippen LogP contribution in [0.2, 0.25) is 0 Å². The molecule has 2 aromatic rings. The molecule has 2 N–H and O–H groups in total. The molecule has 0 aliphatic heterocycles. The molecule has 0 saturated heterocycles. The normalized spacial score (nSPS) is 10.1. The topological polar surface area (TPSA) is 49.3 Å². The van der Waals surface area contributed by atoms with E-state index in [9.17, 15) is 4.79 Å². The summed E-state index contributed by atoms with van der Waals surface area (Å²) in [6, 6.07) is 14.9. The molecule has 0 aromatic heterocycles. The van der Waals surface area contributed by atoms with Crippen LogP contribution in [0.3, 0.4) is 0 Å². The second kappa shape index (κ2) is 5.69. The molecule has 92 valence electrons. The molecule has 4 heteroatoms. The molecule has 2 rings (SSSR count). The predicted molar refractivity (Wildman–Crippen MR) is 74.9 cm³/mol. The van der Waals surface area contributed by atoms with Crippen molar-refractivity contribution in [2.24, 2.45) is 0 Å². The van der Waals surface area contributed by atoms with Crippen molar-refractivity contribution in [3.63, 3.8) is 0 Å². The number of benzene rings is 2. The third-order valence-electron chi connectivity index (χ3n) is 2.54. The van der Waals surface area contributed by atoms with E-state index in [4.69, 9.17) is 5.11 Å². The fourth-order valence-electron chi connectivity index (χ4n) is 1.64. The van der Waals surface area contributed by atoms with Crippen LogP contribution in [0.25, 0.3) is 0 Å². The highest BCUT2D eigenvalue weighted by Crippen LogP contribution is 2.22. The Labute approximate surface area is 114 Å². The highest BCUT2D eigenvalue weighted by Gasteiger charge is 2.09. The number of hydrogen-bond donors (Lipinski definition) is 2. The lowest BCUT2D eigenvalue weighted by atomic mass is 10.1. The monoisotopic (exact) mass is 305 g/mol. The summed E-state index contributed by atoms with van der Waals surface area (Å²) < 4.78 is 0.850. The molecule has 0 spiro atoms. The molecule has 0 heterocycles. The average molecular weight is 306 g/mol. The van der Waals surface area contributed by atoms with Crippen molar-refractivity contribution < 1.29 is 9.90 Å². The van der Waals surface area contributed by atoms with E-state index in [0.29, 0.717) is 12.2 Å². The van der Waals surface area contributed by atoms with Gasteiger partial charge in [-0.15, -0.1) is 0 Å². The number of halogens is 1. The van der Waals surface area contributed by atoms with Gasteiger partial charge >= 0.3 is 5.97 Å². The van der Waals surface area contributed by atoms with Crippen LogP contribution in [0, 0.1) is 0 Å². The largest absolute Gasteiger partial charge is 0.478 e. The molecule has 3 nitrogen and oxygen atoms in total. The molecular weight excluding hydrogens is 294 g/mol. The number of carboxylic acid groups (broad SMARTS) is 1. The third kappa shape index (κ3) is 3.11. The Morgan fingerprint density at radius 3 is 2.56 bits per heavy atom. The molecule has 0 atom stereocenters. The average Bonchev–Trinajstić information content (AvgIpc) is 2.37. The summed E-state index contributed by atoms with van der Waals surface area (Å²) in [6.07, 6.45) is 0. The van der Waals surface area contributed by atoms with Crippen LogP contribution in [0.4, 0.5) is 5.69 Å². The summed E-state index contributed by atoms with van der Waals surface area (Å²) >= 11 is 3.34. The van der Waals surface area contributed by atoms with Crippen LogP contribution >= 0.6 is 15.9 Å². The minimum absolute atomic E-state index is 0.272. The zero-order chi connectivity index (χ0) is 13.0. The van der Waals surface area contributed by atoms with Gasteiger partial charge in [0.05, 0.1) is 11.3 Å². The lowest BCUT2D eigenvalue weighted by Crippen LogP contribution is -2.06. The van der Waals surface area contributed by atoms with E-state index in [1.165, 1.54) is 0 Å². The predicted octanol–water partition coefficient (Wildman–Crippen LogP) is 3.76. The first kappa shape index (κ1) is 12.6. The van der Waals surface area contributed by atoms with Gasteiger partial charge in [0.15, 0.2) is 0 Å². The molecule has 0 unspecified atom stereocenters. The Kier molecular flexibility index (Phi) is 3.99. The van der Waals surface area contributed by atoms with Gasteiger partial charge in [0.1, 0.15) is 0 Å². The first-order valence-electron chi connectivity index (χ1n) is 5.47. The van der Waals surface area contributed by atoms with Crippen molar-refractivity contribution in [3.05, 3.63) is 64.1 Å². The molecule has 0 bridgehead atoms. The number of carboxylic acids is 1. The fourth-order valence-corrected chi connectivity index (χ4v) is 2.00. The second-order valence-electron chi connectivity index (χ2n) is 3.83. The molecule has 0 aliphatic rings. The molecule has 0 radical (unpaired) electrons. The number of hydrogen-bond acceptors (Lipinski definition) is 2. The summed E-state index contributed by atoms with van der Waals surface area (Å²) in [5.74, 6) is -0.932. The van der Waals surface area contributed by atoms with Crippen molar-refractivity contribution in [2.75, 3.05) is 5.32 Å². The van der Waals surface area contributed by atoms with Crippen molar-refractivity contribution in [3.8, 4) is 0 Å². The molecule has 0 fully saturated rings. The van der Waals surface area contributed by atoms with Gasteiger partial charge in [0, 0.05) is 11.0 Å². The maximum Gasteiger partial charge on any atom is 0.337 e. The second-order valence-corrected chi connectivity index (χ2v) is 4.75. The van der Waals surface area contributed by atoms with E-state index >= 15 is 0 Å². The molecular formula is C14H12BrNO2. The number of rotatable bonds is 4. The van der Waals surface area contributed by atoms with Gasteiger partial charge in [-0.2, -0.15) is 0 Å². The fraction of sp³-hybridized carbons (Fsp3) is 0.0714. The first-order valence-corrected chi connectivity index (χ1v) is 6.27. The summed E-state index contributed by atoms with van der Waals surface area (Å²) in [5, 5.41) is 12.2. The van der Waals surface area contributed by atoms with E-state index in [-0.39, 0.29) is 5.56 Å². The van der Waals surface area contributed by atoms with Crippen molar-refractivity contribution in [1.82, 2.24) is 0 Å². The molecule has 18 heavy (non-hydrogen) atoms. The Hall–Kier alpha value is -1.81. The number of carbonyl (C=O) groups is 1. The third-order valence-corrected chi connectivity index (χ3v) is 3.03. The lowest BCUT2D eigenvalue weighted by molar-refractivity contribution is 0.0698. The van der Waals surface area contributed by atoms with Crippen molar-refractivity contribution >= 4 is 27.6 Å².